The van der Waals surface area contributed by atoms with Crippen molar-refractivity contribution in [3.05, 3.63) is 42.5 Å². The lowest BCUT2D eigenvalue weighted by molar-refractivity contribution is -0.168. The van der Waals surface area contributed by atoms with E-state index in [1.807, 2.05) is 6.07 Å². The summed E-state index contributed by atoms with van der Waals surface area (Å²) in [4.78, 5) is 16.1. The van der Waals surface area contributed by atoms with Gasteiger partial charge in [-0.1, -0.05) is 0 Å². The molecule has 2 rings (SSSR count). The van der Waals surface area contributed by atoms with Crippen molar-refractivity contribution >= 4 is 5.97 Å². The summed E-state index contributed by atoms with van der Waals surface area (Å²) in [5.74, 6) is -0.130. The number of rotatable bonds is 7. The van der Waals surface area contributed by atoms with Crippen LogP contribution in [0.2, 0.25) is 0 Å². The highest BCUT2D eigenvalue weighted by molar-refractivity contribution is 5.76. The number of carbonyl (C=O) groups excluding carboxylic acids is 1. The molecule has 0 fully saturated rings. The molecule has 0 saturated heterocycles. The minimum Gasteiger partial charge on any atom is -0.466 e. The predicted octanol–water partition coefficient (Wildman–Crippen LogP) is 1.68. The van der Waals surface area contributed by atoms with E-state index in [1.165, 1.54) is 17.3 Å². The highest BCUT2D eigenvalue weighted by atomic mass is 16.5. The summed E-state index contributed by atoms with van der Waals surface area (Å²) in [5, 5.41) is 23.7. The van der Waals surface area contributed by atoms with E-state index in [1.54, 1.807) is 45.0 Å². The zero-order valence-electron chi connectivity index (χ0n) is 14.3. The maximum Gasteiger partial charge on any atom is 0.314 e. The molecule has 0 unspecified atom stereocenters. The van der Waals surface area contributed by atoms with Gasteiger partial charge in [0.2, 0.25) is 6.23 Å². The van der Waals surface area contributed by atoms with E-state index < -0.39 is 23.7 Å². The van der Waals surface area contributed by atoms with Crippen LogP contribution in [-0.2, 0) is 9.53 Å². The average Bonchev–Trinajstić information content (AvgIpc) is 3.14. The summed E-state index contributed by atoms with van der Waals surface area (Å²) in [7, 11) is 0. The quantitative estimate of drug-likeness (QED) is 0.761. The number of carbonyl (C=O) groups is 1. The molecule has 0 amide bonds. The molecule has 2 aromatic rings. The Labute approximate surface area is 145 Å². The minimum atomic E-state index is -1.26. The third-order valence-electron chi connectivity index (χ3n) is 3.75. The molecule has 25 heavy (non-hydrogen) atoms. The molecule has 2 atom stereocenters. The molecular formula is C17H20N4O4. The highest BCUT2D eigenvalue weighted by Crippen LogP contribution is 2.32. The second-order valence-corrected chi connectivity index (χ2v) is 5.91. The Balaban J connectivity index is 2.29. The molecule has 1 aromatic heterocycles. The van der Waals surface area contributed by atoms with Crippen molar-refractivity contribution in [3.63, 3.8) is 0 Å². The van der Waals surface area contributed by atoms with Gasteiger partial charge >= 0.3 is 5.97 Å². The van der Waals surface area contributed by atoms with Crippen LogP contribution >= 0.6 is 0 Å². The fraction of sp³-hybridized carbons (Fsp3) is 0.412. The Morgan fingerprint density at radius 1 is 1.40 bits per heavy atom. The number of aromatic nitrogens is 3. The largest absolute Gasteiger partial charge is 0.466 e. The van der Waals surface area contributed by atoms with Gasteiger partial charge in [-0.2, -0.15) is 10.4 Å². The first-order valence-electron chi connectivity index (χ1n) is 7.76. The summed E-state index contributed by atoms with van der Waals surface area (Å²) >= 11 is 0. The molecule has 8 heteroatoms. The molecule has 1 N–H and O–H groups in total. The first kappa shape index (κ1) is 18.4. The van der Waals surface area contributed by atoms with E-state index in [0.717, 1.165) is 0 Å². The predicted molar refractivity (Wildman–Crippen MR) is 87.3 cm³/mol. The standard InChI is InChI=1S/C17H20N4O4/c1-4-24-16(23)17(2,3)14(22)15(21-11-19-10-20-21)25-13-7-5-12(9-18)6-8-13/h5-8,10-11,14-15,22H,4H2,1-3H3/t14-,15+/m0/s1. The van der Waals surface area contributed by atoms with Gasteiger partial charge in [-0.25, -0.2) is 9.67 Å². The van der Waals surface area contributed by atoms with Gasteiger partial charge in [-0.15, -0.1) is 0 Å². The van der Waals surface area contributed by atoms with Crippen molar-refractivity contribution in [1.29, 1.82) is 5.26 Å². The minimum absolute atomic E-state index is 0.208. The monoisotopic (exact) mass is 344 g/mol. The number of hydrogen-bond acceptors (Lipinski definition) is 7. The van der Waals surface area contributed by atoms with Crippen LogP contribution in [0.5, 0.6) is 5.75 Å². The number of nitrogens with zero attached hydrogens (tertiary/aromatic N) is 4. The summed E-state index contributed by atoms with van der Waals surface area (Å²) in [6, 6.07) is 8.41. The summed E-state index contributed by atoms with van der Waals surface area (Å²) < 4.78 is 12.2. The van der Waals surface area contributed by atoms with E-state index in [4.69, 9.17) is 14.7 Å². The van der Waals surface area contributed by atoms with Crippen LogP contribution in [0.1, 0.15) is 32.6 Å². The SMILES string of the molecule is CCOC(=O)C(C)(C)[C@@H](O)[C@@H](Oc1ccc(C#N)cc1)n1cncn1. The lowest BCUT2D eigenvalue weighted by Gasteiger charge is -2.33. The van der Waals surface area contributed by atoms with E-state index in [2.05, 4.69) is 10.1 Å². The number of ether oxygens (including phenoxy) is 2. The Morgan fingerprint density at radius 2 is 2.08 bits per heavy atom. The Kier molecular flexibility index (Phi) is 5.72. The maximum absolute atomic E-state index is 12.2. The lowest BCUT2D eigenvalue weighted by atomic mass is 9.85. The van der Waals surface area contributed by atoms with Crippen LogP contribution in [-0.4, -0.2) is 38.6 Å². The molecule has 0 saturated carbocycles. The van der Waals surface area contributed by atoms with Crippen LogP contribution < -0.4 is 4.74 Å². The highest BCUT2D eigenvalue weighted by Gasteiger charge is 2.44. The Morgan fingerprint density at radius 3 is 2.60 bits per heavy atom. The molecule has 1 heterocycles. The summed E-state index contributed by atoms with van der Waals surface area (Å²) in [6.45, 7) is 5.05. The number of hydrogen-bond donors (Lipinski definition) is 1. The fourth-order valence-electron chi connectivity index (χ4n) is 2.15. The van der Waals surface area contributed by atoms with Crippen LogP contribution in [0.3, 0.4) is 0 Å². The topological polar surface area (TPSA) is 110 Å². The molecule has 0 aliphatic rings. The van der Waals surface area contributed by atoms with E-state index in [0.29, 0.717) is 11.3 Å². The van der Waals surface area contributed by atoms with Crippen molar-refractivity contribution in [2.24, 2.45) is 5.41 Å². The molecule has 0 aliphatic carbocycles. The zero-order valence-corrected chi connectivity index (χ0v) is 14.3. The van der Waals surface area contributed by atoms with Gasteiger partial charge in [-0.3, -0.25) is 4.79 Å². The van der Waals surface area contributed by atoms with Gasteiger partial charge in [0.1, 0.15) is 24.5 Å². The molecule has 8 nitrogen and oxygen atoms in total. The normalized spacial score (nSPS) is 13.6. The van der Waals surface area contributed by atoms with E-state index in [-0.39, 0.29) is 6.61 Å². The van der Waals surface area contributed by atoms with Gasteiger partial charge in [0.25, 0.3) is 0 Å². The number of aliphatic hydroxyl groups excluding tert-OH is 1. The fourth-order valence-corrected chi connectivity index (χ4v) is 2.15. The van der Waals surface area contributed by atoms with Crippen LogP contribution in [0.25, 0.3) is 0 Å². The summed E-state index contributed by atoms with van der Waals surface area (Å²) in [5.41, 5.74) is -0.753. The smallest absolute Gasteiger partial charge is 0.314 e. The van der Waals surface area contributed by atoms with Crippen molar-refractivity contribution in [3.8, 4) is 11.8 Å². The molecule has 0 spiro atoms. The maximum atomic E-state index is 12.2. The number of nitriles is 1. The van der Waals surface area contributed by atoms with Gasteiger partial charge in [0, 0.05) is 0 Å². The molecule has 0 radical (unpaired) electrons. The lowest BCUT2D eigenvalue weighted by Crippen LogP contribution is -2.45. The van der Waals surface area contributed by atoms with Crippen molar-refractivity contribution in [1.82, 2.24) is 14.8 Å². The summed E-state index contributed by atoms with van der Waals surface area (Å²) in [6.07, 6.45) is 0.427. The molecule has 0 bridgehead atoms. The molecule has 132 valence electrons. The van der Waals surface area contributed by atoms with Crippen LogP contribution in [0.4, 0.5) is 0 Å². The van der Waals surface area contributed by atoms with Gasteiger partial charge < -0.3 is 14.6 Å². The number of esters is 1. The zero-order chi connectivity index (χ0) is 18.4. The van der Waals surface area contributed by atoms with E-state index in [9.17, 15) is 9.90 Å². The number of aliphatic hydroxyl groups is 1. The molecular weight excluding hydrogens is 324 g/mol. The third-order valence-corrected chi connectivity index (χ3v) is 3.75. The second kappa shape index (κ2) is 7.77. The van der Waals surface area contributed by atoms with E-state index >= 15 is 0 Å². The van der Waals surface area contributed by atoms with Crippen molar-refractivity contribution < 1.29 is 19.4 Å². The number of benzene rings is 1. The van der Waals surface area contributed by atoms with Crippen molar-refractivity contribution in [2.75, 3.05) is 6.61 Å². The van der Waals surface area contributed by atoms with Gasteiger partial charge in [0.05, 0.1) is 23.7 Å². The van der Waals surface area contributed by atoms with Gasteiger partial charge in [-0.05, 0) is 45.0 Å². The Bertz CT molecular complexity index is 735. The second-order valence-electron chi connectivity index (χ2n) is 5.91. The average molecular weight is 344 g/mol. The first-order valence-corrected chi connectivity index (χ1v) is 7.76. The van der Waals surface area contributed by atoms with Crippen LogP contribution in [0.15, 0.2) is 36.9 Å². The Hall–Kier alpha value is -2.92. The molecule has 0 aliphatic heterocycles. The third kappa shape index (κ3) is 4.14. The van der Waals surface area contributed by atoms with Gasteiger partial charge in [0.15, 0.2) is 0 Å². The molecule has 1 aromatic carbocycles. The first-order chi connectivity index (χ1) is 11.9. The van der Waals surface area contributed by atoms with Crippen molar-refractivity contribution in [2.45, 2.75) is 33.1 Å². The van der Waals surface area contributed by atoms with Crippen LogP contribution in [0, 0.1) is 16.7 Å².